The van der Waals surface area contributed by atoms with Crippen LogP contribution in [0.1, 0.15) is 25.7 Å². The van der Waals surface area contributed by atoms with Gasteiger partial charge in [-0.15, -0.1) is 0 Å². The van der Waals surface area contributed by atoms with E-state index in [4.69, 9.17) is 0 Å². The van der Waals surface area contributed by atoms with Crippen LogP contribution in [-0.4, -0.2) is 37.3 Å². The average Bonchev–Trinajstić information content (AvgIpc) is 3.30. The van der Waals surface area contributed by atoms with E-state index in [1.54, 1.807) is 22.9 Å². The van der Waals surface area contributed by atoms with Gasteiger partial charge in [0.1, 0.15) is 5.52 Å². The molecule has 3 aromatic rings. The van der Waals surface area contributed by atoms with Gasteiger partial charge < -0.3 is 14.5 Å². The normalized spacial score (nSPS) is 18.5. The molecule has 29 heavy (non-hydrogen) atoms. The summed E-state index contributed by atoms with van der Waals surface area (Å²) in [5, 5.41) is 0.835. The number of aromatic amines is 1. The van der Waals surface area contributed by atoms with Crippen LogP contribution in [0.15, 0.2) is 46.3 Å². The minimum Gasteiger partial charge on any atom is -0.370 e. The van der Waals surface area contributed by atoms with Crippen molar-refractivity contribution in [3.05, 3.63) is 47.0 Å². The van der Waals surface area contributed by atoms with Gasteiger partial charge in [0.05, 0.1) is 4.90 Å². The fourth-order valence-electron chi connectivity index (χ4n) is 4.77. The number of aromatic nitrogens is 2. The lowest BCUT2D eigenvalue weighted by atomic mass is 9.93. The lowest BCUT2D eigenvalue weighted by molar-refractivity contribution is 0.395. The second kappa shape index (κ2) is 6.23. The second-order valence-electron chi connectivity index (χ2n) is 8.70. The Kier molecular flexibility index (Phi) is 3.97. The molecule has 3 heterocycles. The van der Waals surface area contributed by atoms with Gasteiger partial charge in [0.25, 0.3) is 5.56 Å². The molecule has 0 amide bonds. The van der Waals surface area contributed by atoms with Gasteiger partial charge in [-0.2, -0.15) is 0 Å². The minimum atomic E-state index is -3.34. The van der Waals surface area contributed by atoms with Crippen molar-refractivity contribution >= 4 is 26.4 Å². The summed E-state index contributed by atoms with van der Waals surface area (Å²) in [7, 11) is -1.50. The average molecular weight is 412 g/mol. The zero-order valence-electron chi connectivity index (χ0n) is 16.7. The molecule has 2 aromatic heterocycles. The fourth-order valence-corrected chi connectivity index (χ4v) is 5.42. The van der Waals surface area contributed by atoms with Crippen molar-refractivity contribution in [1.29, 1.82) is 0 Å². The van der Waals surface area contributed by atoms with Gasteiger partial charge in [-0.25, -0.2) is 8.42 Å². The molecule has 1 saturated carbocycles. The highest BCUT2D eigenvalue weighted by atomic mass is 32.2. The molecule has 1 aliphatic carbocycles. The highest BCUT2D eigenvalue weighted by Gasteiger charge is 2.45. The monoisotopic (exact) mass is 411 g/mol. The maximum atomic E-state index is 12.4. The van der Waals surface area contributed by atoms with Crippen molar-refractivity contribution in [3.63, 3.8) is 0 Å². The van der Waals surface area contributed by atoms with Crippen molar-refractivity contribution in [1.82, 2.24) is 9.55 Å². The van der Waals surface area contributed by atoms with Crippen molar-refractivity contribution in [2.45, 2.75) is 30.6 Å². The summed E-state index contributed by atoms with van der Waals surface area (Å²) in [4.78, 5) is 17.9. The third-order valence-corrected chi connectivity index (χ3v) is 7.68. The number of nitrogens with one attached hydrogen (secondary N) is 1. The molecule has 0 bridgehead atoms. The van der Waals surface area contributed by atoms with E-state index in [-0.39, 0.29) is 5.56 Å². The van der Waals surface area contributed by atoms with Gasteiger partial charge >= 0.3 is 0 Å². The van der Waals surface area contributed by atoms with Gasteiger partial charge in [-0.3, -0.25) is 4.79 Å². The van der Waals surface area contributed by atoms with Crippen LogP contribution in [0.25, 0.3) is 22.0 Å². The number of H-pyrrole nitrogens is 1. The van der Waals surface area contributed by atoms with E-state index in [1.807, 2.05) is 25.4 Å². The smallest absolute Gasteiger partial charge is 0.272 e. The third-order valence-electron chi connectivity index (χ3n) is 6.57. The Morgan fingerprint density at radius 1 is 1.10 bits per heavy atom. The largest absolute Gasteiger partial charge is 0.370 e. The van der Waals surface area contributed by atoms with E-state index in [0.717, 1.165) is 41.7 Å². The molecule has 2 aliphatic rings. The zero-order chi connectivity index (χ0) is 20.4. The molecule has 7 heteroatoms. The Morgan fingerprint density at radius 3 is 2.62 bits per heavy atom. The molecule has 6 nitrogen and oxygen atoms in total. The summed E-state index contributed by atoms with van der Waals surface area (Å²) in [5.41, 5.74) is 3.65. The molecule has 1 spiro atoms. The molecule has 152 valence electrons. The van der Waals surface area contributed by atoms with Crippen LogP contribution in [0.2, 0.25) is 0 Å². The lowest BCUT2D eigenvalue weighted by Gasteiger charge is -2.36. The first-order valence-corrected chi connectivity index (χ1v) is 11.9. The number of pyridine rings is 1. The molecule has 1 N–H and O–H groups in total. The van der Waals surface area contributed by atoms with E-state index in [2.05, 4.69) is 9.88 Å². The summed E-state index contributed by atoms with van der Waals surface area (Å²) >= 11 is 0. The maximum absolute atomic E-state index is 12.4. The van der Waals surface area contributed by atoms with Gasteiger partial charge in [0.2, 0.25) is 0 Å². The first-order valence-electron chi connectivity index (χ1n) is 10.0. The molecule has 1 saturated heterocycles. The number of aryl methyl sites for hydroxylation is 1. The van der Waals surface area contributed by atoms with Crippen LogP contribution in [0.4, 0.5) is 5.69 Å². The first kappa shape index (κ1) is 18.5. The molecular formula is C22H25N3O3S. The standard InChI is InChI=1S/C22H25N3O3S/c1-24-11-6-16-18(13-23-21(26)20(16)24)17-12-15(29(2,27)28)4-5-19(17)25-10-3-7-22(14-25)8-9-22/h4-6,11-13H,3,7-10,14H2,1-2H3,(H,23,26). The molecular weight excluding hydrogens is 386 g/mol. The van der Waals surface area contributed by atoms with Gasteiger partial charge in [-0.05, 0) is 55.4 Å². The molecule has 2 fully saturated rings. The van der Waals surface area contributed by atoms with Crippen LogP contribution in [0.5, 0.6) is 0 Å². The summed E-state index contributed by atoms with van der Waals surface area (Å²) in [6.07, 6.45) is 9.80. The van der Waals surface area contributed by atoms with E-state index < -0.39 is 9.84 Å². The minimum absolute atomic E-state index is 0.146. The van der Waals surface area contributed by atoms with E-state index >= 15 is 0 Å². The highest BCUT2D eigenvalue weighted by molar-refractivity contribution is 7.90. The number of benzene rings is 1. The SMILES string of the molecule is Cn1ccc2c(-c3cc(S(C)(=O)=O)ccc3N3CCCC4(CC4)C3)c[nH]c(=O)c21. The number of rotatable bonds is 3. The number of piperidine rings is 1. The second-order valence-corrected chi connectivity index (χ2v) is 10.7. The Balaban J connectivity index is 1.74. The lowest BCUT2D eigenvalue weighted by Crippen LogP contribution is -2.36. The summed E-state index contributed by atoms with van der Waals surface area (Å²) < 4.78 is 26.3. The van der Waals surface area contributed by atoms with Crippen LogP contribution >= 0.6 is 0 Å². The molecule has 5 rings (SSSR count). The van der Waals surface area contributed by atoms with Crippen LogP contribution in [0, 0.1) is 5.41 Å². The van der Waals surface area contributed by atoms with E-state index in [9.17, 15) is 13.2 Å². The fraction of sp³-hybridized carbons (Fsp3) is 0.409. The Labute approximate surface area is 170 Å². The quantitative estimate of drug-likeness (QED) is 0.717. The molecule has 0 radical (unpaired) electrons. The summed E-state index contributed by atoms with van der Waals surface area (Å²) in [6.45, 7) is 1.98. The zero-order valence-corrected chi connectivity index (χ0v) is 17.6. The molecule has 0 atom stereocenters. The van der Waals surface area contributed by atoms with Gasteiger partial charge in [0, 0.05) is 61.0 Å². The van der Waals surface area contributed by atoms with Crippen LogP contribution < -0.4 is 10.5 Å². The highest BCUT2D eigenvalue weighted by Crippen LogP contribution is 2.53. The third kappa shape index (κ3) is 3.08. The predicted octanol–water partition coefficient (Wildman–Crippen LogP) is 3.32. The van der Waals surface area contributed by atoms with E-state index in [0.29, 0.717) is 15.8 Å². The van der Waals surface area contributed by atoms with Crippen LogP contribution in [0.3, 0.4) is 0 Å². The Hall–Kier alpha value is -2.54. The summed E-state index contributed by atoms with van der Waals surface area (Å²) in [6, 6.07) is 7.33. The molecule has 1 aliphatic heterocycles. The predicted molar refractivity (Wildman–Crippen MR) is 115 cm³/mol. The van der Waals surface area contributed by atoms with Crippen molar-refractivity contribution in [3.8, 4) is 11.1 Å². The van der Waals surface area contributed by atoms with Gasteiger partial charge in [0.15, 0.2) is 9.84 Å². The number of nitrogens with zero attached hydrogens (tertiary/aromatic N) is 2. The number of hydrogen-bond donors (Lipinski definition) is 1. The van der Waals surface area contributed by atoms with Crippen molar-refractivity contribution < 1.29 is 8.42 Å². The maximum Gasteiger partial charge on any atom is 0.272 e. The number of hydrogen-bond acceptors (Lipinski definition) is 4. The first-order chi connectivity index (χ1) is 13.8. The van der Waals surface area contributed by atoms with Crippen molar-refractivity contribution in [2.24, 2.45) is 12.5 Å². The summed E-state index contributed by atoms with van der Waals surface area (Å²) in [5.74, 6) is 0. The number of sulfone groups is 1. The topological polar surface area (TPSA) is 75.2 Å². The Morgan fingerprint density at radius 2 is 1.90 bits per heavy atom. The van der Waals surface area contributed by atoms with Gasteiger partial charge in [-0.1, -0.05) is 0 Å². The number of anilines is 1. The molecule has 1 aromatic carbocycles. The Bertz CT molecular complexity index is 1280. The van der Waals surface area contributed by atoms with Crippen LogP contribution in [-0.2, 0) is 16.9 Å². The number of fused-ring (bicyclic) bond motifs is 1. The molecule has 0 unspecified atom stereocenters. The van der Waals surface area contributed by atoms with Crippen molar-refractivity contribution in [2.75, 3.05) is 24.2 Å². The van der Waals surface area contributed by atoms with E-state index in [1.165, 1.54) is 25.5 Å².